The number of anilines is 2. The van der Waals surface area contributed by atoms with Crippen molar-refractivity contribution in [2.45, 2.75) is 38.4 Å². The lowest BCUT2D eigenvalue weighted by Crippen LogP contribution is -2.17. The van der Waals surface area contributed by atoms with Crippen LogP contribution in [0.1, 0.15) is 31.7 Å². The number of alkyl halides is 3. The fourth-order valence-corrected chi connectivity index (χ4v) is 2.43. The Bertz CT molecular complexity index is 429. The first kappa shape index (κ1) is 13.1. The van der Waals surface area contributed by atoms with Crippen molar-refractivity contribution in [2.75, 3.05) is 11.1 Å². The van der Waals surface area contributed by atoms with Gasteiger partial charge >= 0.3 is 6.18 Å². The first-order valence-electron chi connectivity index (χ1n) is 6.09. The van der Waals surface area contributed by atoms with Crippen LogP contribution in [0.5, 0.6) is 0 Å². The van der Waals surface area contributed by atoms with E-state index in [1.54, 1.807) is 0 Å². The van der Waals surface area contributed by atoms with Crippen molar-refractivity contribution < 1.29 is 13.2 Å². The van der Waals surface area contributed by atoms with E-state index < -0.39 is 11.7 Å². The van der Waals surface area contributed by atoms with Gasteiger partial charge in [0.15, 0.2) is 0 Å². The van der Waals surface area contributed by atoms with E-state index in [0.717, 1.165) is 31.4 Å². The Kier molecular flexibility index (Phi) is 3.41. The van der Waals surface area contributed by atoms with Gasteiger partial charge in [-0.05, 0) is 43.4 Å². The third kappa shape index (κ3) is 2.89. The lowest BCUT2D eigenvalue weighted by atomic mass is 10.1. The highest BCUT2D eigenvalue weighted by atomic mass is 19.4. The quantitative estimate of drug-likeness (QED) is 0.790. The second-order valence-electron chi connectivity index (χ2n) is 5.06. The highest BCUT2D eigenvalue weighted by Gasteiger charge is 2.31. The second kappa shape index (κ2) is 4.71. The molecule has 0 radical (unpaired) electrons. The van der Waals surface area contributed by atoms with Gasteiger partial charge in [-0.2, -0.15) is 13.2 Å². The van der Waals surface area contributed by atoms with Crippen LogP contribution in [-0.2, 0) is 6.18 Å². The minimum atomic E-state index is -4.34. The van der Waals surface area contributed by atoms with Crippen LogP contribution in [0.4, 0.5) is 24.5 Å². The Labute approximate surface area is 104 Å². The van der Waals surface area contributed by atoms with E-state index in [4.69, 9.17) is 5.73 Å². The maximum Gasteiger partial charge on any atom is 0.416 e. The normalized spacial score (nSPS) is 24.2. The van der Waals surface area contributed by atoms with Gasteiger partial charge in [0.1, 0.15) is 0 Å². The summed E-state index contributed by atoms with van der Waals surface area (Å²) < 4.78 is 37.4. The molecule has 2 atom stereocenters. The predicted octanol–water partition coefficient (Wildman–Crippen LogP) is 3.89. The number of benzene rings is 1. The molecule has 0 aromatic heterocycles. The summed E-state index contributed by atoms with van der Waals surface area (Å²) in [4.78, 5) is 0. The number of hydrogen-bond donors (Lipinski definition) is 2. The predicted molar refractivity (Wildman–Crippen MR) is 66.3 cm³/mol. The van der Waals surface area contributed by atoms with Gasteiger partial charge in [0, 0.05) is 6.04 Å². The molecule has 1 fully saturated rings. The minimum absolute atomic E-state index is 0.157. The minimum Gasteiger partial charge on any atom is -0.397 e. The number of nitrogens with two attached hydrogens (primary N) is 1. The number of rotatable bonds is 2. The monoisotopic (exact) mass is 258 g/mol. The van der Waals surface area contributed by atoms with E-state index in [9.17, 15) is 13.2 Å². The highest BCUT2D eigenvalue weighted by molar-refractivity contribution is 5.67. The summed E-state index contributed by atoms with van der Waals surface area (Å²) in [5.74, 6) is 0.665. The molecule has 0 spiro atoms. The Morgan fingerprint density at radius 2 is 2.00 bits per heavy atom. The molecule has 0 heterocycles. The molecule has 2 unspecified atom stereocenters. The maximum atomic E-state index is 12.5. The Morgan fingerprint density at radius 3 is 2.50 bits per heavy atom. The van der Waals surface area contributed by atoms with Crippen molar-refractivity contribution in [2.24, 2.45) is 5.92 Å². The SMILES string of the molecule is CC1CCC(Nc2ccc(C(F)(F)F)cc2N)C1. The van der Waals surface area contributed by atoms with Crippen LogP contribution in [-0.4, -0.2) is 6.04 Å². The van der Waals surface area contributed by atoms with E-state index in [0.29, 0.717) is 17.6 Å². The highest BCUT2D eigenvalue weighted by Crippen LogP contribution is 2.34. The zero-order chi connectivity index (χ0) is 13.3. The topological polar surface area (TPSA) is 38.0 Å². The van der Waals surface area contributed by atoms with Crippen LogP contribution in [0.15, 0.2) is 18.2 Å². The molecule has 0 amide bonds. The van der Waals surface area contributed by atoms with Gasteiger partial charge in [-0.3, -0.25) is 0 Å². The molecule has 1 saturated carbocycles. The zero-order valence-corrected chi connectivity index (χ0v) is 10.2. The van der Waals surface area contributed by atoms with Crippen molar-refractivity contribution >= 4 is 11.4 Å². The van der Waals surface area contributed by atoms with Gasteiger partial charge in [-0.15, -0.1) is 0 Å². The summed E-state index contributed by atoms with van der Waals surface area (Å²) >= 11 is 0. The molecule has 1 aliphatic rings. The van der Waals surface area contributed by atoms with E-state index in [2.05, 4.69) is 12.2 Å². The molecule has 5 heteroatoms. The van der Waals surface area contributed by atoms with E-state index in [1.807, 2.05) is 0 Å². The molecule has 3 N–H and O–H groups in total. The Hall–Kier alpha value is -1.39. The average Bonchev–Trinajstić information content (AvgIpc) is 2.65. The summed E-state index contributed by atoms with van der Waals surface area (Å²) in [6.45, 7) is 2.18. The van der Waals surface area contributed by atoms with Crippen molar-refractivity contribution in [3.63, 3.8) is 0 Å². The first-order chi connectivity index (χ1) is 8.36. The Balaban J connectivity index is 2.10. The standard InChI is InChI=1S/C13H17F3N2/c1-8-2-4-10(6-8)18-12-5-3-9(7-11(12)17)13(14,15)16/h3,5,7-8,10,18H,2,4,6,17H2,1H3. The van der Waals surface area contributed by atoms with Gasteiger partial charge in [0.2, 0.25) is 0 Å². The van der Waals surface area contributed by atoms with Crippen LogP contribution in [0.25, 0.3) is 0 Å². The van der Waals surface area contributed by atoms with Crippen LogP contribution in [0.3, 0.4) is 0 Å². The van der Waals surface area contributed by atoms with Gasteiger partial charge in [-0.25, -0.2) is 0 Å². The fourth-order valence-electron chi connectivity index (χ4n) is 2.43. The van der Waals surface area contributed by atoms with Crippen LogP contribution in [0, 0.1) is 5.92 Å². The average molecular weight is 258 g/mol. The van der Waals surface area contributed by atoms with E-state index in [1.165, 1.54) is 6.07 Å². The van der Waals surface area contributed by atoms with Gasteiger partial charge in [0.25, 0.3) is 0 Å². The summed E-state index contributed by atoms with van der Waals surface area (Å²) in [6.07, 6.45) is -1.10. The summed E-state index contributed by atoms with van der Waals surface area (Å²) in [6, 6.07) is 3.79. The van der Waals surface area contributed by atoms with Gasteiger partial charge < -0.3 is 11.1 Å². The third-order valence-corrected chi connectivity index (χ3v) is 3.43. The maximum absolute atomic E-state index is 12.5. The van der Waals surface area contributed by atoms with E-state index >= 15 is 0 Å². The molecule has 100 valence electrons. The lowest BCUT2D eigenvalue weighted by molar-refractivity contribution is -0.137. The van der Waals surface area contributed by atoms with Crippen LogP contribution >= 0.6 is 0 Å². The molecule has 1 aromatic rings. The van der Waals surface area contributed by atoms with E-state index in [-0.39, 0.29) is 5.69 Å². The van der Waals surface area contributed by atoms with Crippen LogP contribution in [0.2, 0.25) is 0 Å². The Morgan fingerprint density at radius 1 is 1.28 bits per heavy atom. The molecule has 1 aromatic carbocycles. The first-order valence-corrected chi connectivity index (χ1v) is 6.09. The van der Waals surface area contributed by atoms with Crippen LogP contribution < -0.4 is 11.1 Å². The van der Waals surface area contributed by atoms with Crippen molar-refractivity contribution in [3.05, 3.63) is 23.8 Å². The molecule has 0 saturated heterocycles. The molecule has 2 rings (SSSR count). The molecule has 0 bridgehead atoms. The van der Waals surface area contributed by atoms with Crippen molar-refractivity contribution in [3.8, 4) is 0 Å². The van der Waals surface area contributed by atoms with Gasteiger partial charge in [0.05, 0.1) is 16.9 Å². The number of nitrogen functional groups attached to an aromatic ring is 1. The molecular formula is C13H17F3N2. The second-order valence-corrected chi connectivity index (χ2v) is 5.06. The summed E-state index contributed by atoms with van der Waals surface area (Å²) in [5, 5.41) is 3.23. The third-order valence-electron chi connectivity index (χ3n) is 3.43. The summed E-state index contributed by atoms with van der Waals surface area (Å²) in [7, 11) is 0. The molecule has 1 aliphatic carbocycles. The summed E-state index contributed by atoms with van der Waals surface area (Å²) in [5.41, 5.74) is 5.72. The largest absolute Gasteiger partial charge is 0.416 e. The smallest absolute Gasteiger partial charge is 0.397 e. The zero-order valence-electron chi connectivity index (χ0n) is 10.2. The van der Waals surface area contributed by atoms with Crippen molar-refractivity contribution in [1.29, 1.82) is 0 Å². The number of halogens is 3. The number of nitrogens with one attached hydrogen (secondary N) is 1. The molecular weight excluding hydrogens is 241 g/mol. The number of hydrogen-bond acceptors (Lipinski definition) is 2. The fraction of sp³-hybridized carbons (Fsp3) is 0.538. The molecule has 2 nitrogen and oxygen atoms in total. The lowest BCUT2D eigenvalue weighted by Gasteiger charge is -2.17. The molecule has 0 aliphatic heterocycles. The van der Waals surface area contributed by atoms with Crippen molar-refractivity contribution in [1.82, 2.24) is 0 Å². The van der Waals surface area contributed by atoms with Gasteiger partial charge in [-0.1, -0.05) is 6.92 Å². The molecule has 18 heavy (non-hydrogen) atoms.